The van der Waals surface area contributed by atoms with Gasteiger partial charge in [0.05, 0.1) is 10.4 Å². The molecule has 202 valence electrons. The average molecular weight is 549 g/mol. The minimum atomic E-state index is -0.564. The molecule has 2 saturated heterocycles. The predicted molar refractivity (Wildman–Crippen MR) is 149 cm³/mol. The van der Waals surface area contributed by atoms with E-state index in [1.165, 1.54) is 24.3 Å². The number of carbonyl (C=O) groups excluding carboxylic acids is 4. The van der Waals surface area contributed by atoms with Crippen LogP contribution >= 0.6 is 11.8 Å². The molecule has 0 saturated carbocycles. The number of fused-ring (bicyclic) bond motifs is 1. The number of hydrogen-bond donors (Lipinski definition) is 1. The van der Waals surface area contributed by atoms with Gasteiger partial charge in [-0.2, -0.15) is 0 Å². The molecule has 0 aliphatic carbocycles. The number of nitrogens with one attached hydrogen (secondary N) is 1. The largest absolute Gasteiger partial charge is 0.341 e. The molecule has 0 spiro atoms. The number of para-hydroxylation sites is 1. The van der Waals surface area contributed by atoms with Gasteiger partial charge in [0.15, 0.2) is 0 Å². The van der Waals surface area contributed by atoms with E-state index in [-0.39, 0.29) is 17.4 Å². The van der Waals surface area contributed by atoms with Crippen LogP contribution in [0, 0.1) is 5.82 Å². The SMILES string of the molecule is CCc1cccc2c(/C=C3\SC(=O)N(CC(=O)Nc4ccc(F)cc4)C3=O)cn(CC(=O)N3CCCCC3)c12. The number of nitrogens with zero attached hydrogens (tertiary/aromatic N) is 3. The van der Waals surface area contributed by atoms with Gasteiger partial charge < -0.3 is 14.8 Å². The maximum Gasteiger partial charge on any atom is 0.294 e. The minimum absolute atomic E-state index is 0.0662. The number of carbonyl (C=O) groups is 4. The third-order valence-corrected chi connectivity index (χ3v) is 7.91. The fraction of sp³-hybridized carbons (Fsp3) is 0.310. The topological polar surface area (TPSA) is 91.7 Å². The summed E-state index contributed by atoms with van der Waals surface area (Å²) in [5.74, 6) is -1.49. The molecule has 5 rings (SSSR count). The van der Waals surface area contributed by atoms with Crippen molar-refractivity contribution in [3.8, 4) is 0 Å². The molecule has 39 heavy (non-hydrogen) atoms. The second-order valence-electron chi connectivity index (χ2n) is 9.64. The maximum atomic E-state index is 13.1. The van der Waals surface area contributed by atoms with E-state index in [2.05, 4.69) is 12.2 Å². The van der Waals surface area contributed by atoms with E-state index in [1.807, 2.05) is 33.9 Å². The molecular formula is C29H29FN4O4S. The second-order valence-corrected chi connectivity index (χ2v) is 10.6. The predicted octanol–water partition coefficient (Wildman–Crippen LogP) is 5.03. The third kappa shape index (κ3) is 5.75. The number of likely N-dealkylation sites (tertiary alicyclic amines) is 1. The number of halogens is 1. The Morgan fingerprint density at radius 2 is 1.77 bits per heavy atom. The zero-order valence-electron chi connectivity index (χ0n) is 21.6. The lowest BCUT2D eigenvalue weighted by Gasteiger charge is -2.27. The van der Waals surface area contributed by atoms with Crippen molar-refractivity contribution in [1.82, 2.24) is 14.4 Å². The molecule has 3 heterocycles. The molecule has 1 N–H and O–H groups in total. The van der Waals surface area contributed by atoms with Gasteiger partial charge in [0.1, 0.15) is 18.9 Å². The van der Waals surface area contributed by atoms with Gasteiger partial charge in [-0.1, -0.05) is 25.1 Å². The van der Waals surface area contributed by atoms with Crippen LogP contribution in [0.25, 0.3) is 17.0 Å². The summed E-state index contributed by atoms with van der Waals surface area (Å²) in [6.07, 6.45) is 7.47. The first-order valence-corrected chi connectivity index (χ1v) is 13.8. The van der Waals surface area contributed by atoms with Crippen molar-refractivity contribution in [3.63, 3.8) is 0 Å². The third-order valence-electron chi connectivity index (χ3n) is 7.00. The van der Waals surface area contributed by atoms with E-state index in [1.54, 1.807) is 6.08 Å². The summed E-state index contributed by atoms with van der Waals surface area (Å²) in [5.41, 5.74) is 3.12. The molecule has 0 unspecified atom stereocenters. The molecule has 2 aliphatic rings. The van der Waals surface area contributed by atoms with E-state index < -0.39 is 29.4 Å². The van der Waals surface area contributed by atoms with E-state index in [0.717, 1.165) is 77.5 Å². The van der Waals surface area contributed by atoms with Crippen LogP contribution in [0.4, 0.5) is 14.9 Å². The van der Waals surface area contributed by atoms with Gasteiger partial charge in [0, 0.05) is 35.9 Å². The van der Waals surface area contributed by atoms with Gasteiger partial charge in [-0.3, -0.25) is 24.1 Å². The summed E-state index contributed by atoms with van der Waals surface area (Å²) in [6, 6.07) is 11.1. The fourth-order valence-electron chi connectivity index (χ4n) is 5.03. The number of imide groups is 1. The quantitative estimate of drug-likeness (QED) is 0.418. The molecule has 0 radical (unpaired) electrons. The first kappa shape index (κ1) is 26.7. The Balaban J connectivity index is 1.38. The summed E-state index contributed by atoms with van der Waals surface area (Å²) in [4.78, 5) is 54.3. The van der Waals surface area contributed by atoms with E-state index >= 15 is 0 Å². The highest BCUT2D eigenvalue weighted by Crippen LogP contribution is 2.35. The Kier molecular flexibility index (Phi) is 7.83. The Labute approximate surface area is 229 Å². The number of anilines is 1. The van der Waals surface area contributed by atoms with Crippen molar-refractivity contribution in [2.24, 2.45) is 0 Å². The number of hydrogen-bond acceptors (Lipinski definition) is 5. The Bertz CT molecular complexity index is 1470. The maximum absolute atomic E-state index is 13.1. The first-order valence-electron chi connectivity index (χ1n) is 13.0. The molecule has 3 aromatic rings. The molecular weight excluding hydrogens is 519 g/mol. The van der Waals surface area contributed by atoms with E-state index in [9.17, 15) is 23.6 Å². The number of thioether (sulfide) groups is 1. The molecule has 0 bridgehead atoms. The van der Waals surface area contributed by atoms with Crippen LogP contribution in [0.15, 0.2) is 53.6 Å². The molecule has 10 heteroatoms. The molecule has 8 nitrogen and oxygen atoms in total. The van der Waals surface area contributed by atoms with Crippen molar-refractivity contribution in [2.45, 2.75) is 39.2 Å². The van der Waals surface area contributed by atoms with Gasteiger partial charge in [-0.05, 0) is 73.4 Å². The lowest BCUT2D eigenvalue weighted by molar-refractivity contribution is -0.132. The van der Waals surface area contributed by atoms with E-state index in [4.69, 9.17) is 0 Å². The molecule has 0 atom stereocenters. The Hall–Kier alpha value is -3.92. The van der Waals surface area contributed by atoms with Crippen LogP contribution in [0.2, 0.25) is 0 Å². The number of aryl methyl sites for hydroxylation is 1. The number of benzene rings is 2. The van der Waals surface area contributed by atoms with Gasteiger partial charge in [-0.15, -0.1) is 0 Å². The van der Waals surface area contributed by atoms with Crippen molar-refractivity contribution in [1.29, 1.82) is 0 Å². The normalized spacial score (nSPS) is 16.9. The molecule has 1 aromatic heterocycles. The smallest absolute Gasteiger partial charge is 0.294 e. The fourth-order valence-corrected chi connectivity index (χ4v) is 5.86. The molecule has 2 aromatic carbocycles. The number of aromatic nitrogens is 1. The number of rotatable bonds is 7. The zero-order valence-corrected chi connectivity index (χ0v) is 22.4. The van der Waals surface area contributed by atoms with Crippen LogP contribution in [0.3, 0.4) is 0 Å². The lowest BCUT2D eigenvalue weighted by Crippen LogP contribution is -2.37. The first-order chi connectivity index (χ1) is 18.8. The Morgan fingerprint density at radius 3 is 2.49 bits per heavy atom. The summed E-state index contributed by atoms with van der Waals surface area (Å²) >= 11 is 0.776. The van der Waals surface area contributed by atoms with Gasteiger partial charge in [0.2, 0.25) is 11.8 Å². The molecule has 2 aliphatic heterocycles. The summed E-state index contributed by atoms with van der Waals surface area (Å²) in [5, 5.41) is 2.91. The summed E-state index contributed by atoms with van der Waals surface area (Å²) < 4.78 is 15.1. The zero-order chi connectivity index (χ0) is 27.5. The van der Waals surface area contributed by atoms with Crippen molar-refractivity contribution in [2.75, 3.05) is 25.0 Å². The van der Waals surface area contributed by atoms with Crippen LogP contribution in [0.5, 0.6) is 0 Å². The number of amides is 4. The highest BCUT2D eigenvalue weighted by Gasteiger charge is 2.36. The Morgan fingerprint density at radius 1 is 1.03 bits per heavy atom. The van der Waals surface area contributed by atoms with Crippen LogP contribution in [-0.2, 0) is 27.3 Å². The lowest BCUT2D eigenvalue weighted by atomic mass is 10.1. The van der Waals surface area contributed by atoms with Crippen molar-refractivity contribution >= 4 is 57.4 Å². The van der Waals surface area contributed by atoms with Crippen LogP contribution in [0.1, 0.15) is 37.3 Å². The average Bonchev–Trinajstić information content (AvgIpc) is 3.42. The summed E-state index contributed by atoms with van der Waals surface area (Å²) in [6.45, 7) is 3.35. The van der Waals surface area contributed by atoms with E-state index in [0.29, 0.717) is 5.69 Å². The highest BCUT2D eigenvalue weighted by molar-refractivity contribution is 8.18. The van der Waals surface area contributed by atoms with Crippen LogP contribution < -0.4 is 5.32 Å². The van der Waals surface area contributed by atoms with Crippen molar-refractivity contribution < 1.29 is 23.6 Å². The number of piperidine rings is 1. The molecule has 4 amide bonds. The summed E-state index contributed by atoms with van der Waals surface area (Å²) in [7, 11) is 0. The molecule has 2 fully saturated rings. The second kappa shape index (κ2) is 11.4. The minimum Gasteiger partial charge on any atom is -0.341 e. The van der Waals surface area contributed by atoms with Gasteiger partial charge in [-0.25, -0.2) is 4.39 Å². The van der Waals surface area contributed by atoms with Crippen LogP contribution in [-0.4, -0.2) is 57.0 Å². The monoisotopic (exact) mass is 548 g/mol. The highest BCUT2D eigenvalue weighted by atomic mass is 32.2. The van der Waals surface area contributed by atoms with Crippen molar-refractivity contribution in [3.05, 3.63) is 70.5 Å². The van der Waals surface area contributed by atoms with Gasteiger partial charge >= 0.3 is 0 Å². The standard InChI is InChI=1S/C29H29FN4O4S/c1-2-19-7-6-8-23-20(16-33(27(19)23)18-26(36)32-13-4-3-5-14-32)15-24-28(37)34(29(38)39-24)17-25(35)31-22-11-9-21(30)10-12-22/h6-12,15-16H,2-5,13-14,17-18H2,1H3,(H,31,35)/b24-15-. The van der Waals surface area contributed by atoms with Gasteiger partial charge in [0.25, 0.3) is 11.1 Å².